The molecule has 1 saturated carbocycles. The molecule has 0 bridgehead atoms. The predicted octanol–water partition coefficient (Wildman–Crippen LogP) is 5.24. The second-order valence-electron chi connectivity index (χ2n) is 9.96. The number of aliphatic carboxylic acids is 1. The van der Waals surface area contributed by atoms with E-state index in [1.165, 1.54) is 6.07 Å². The first-order valence-corrected chi connectivity index (χ1v) is 12.8. The number of carboxylic acid groups (broad SMARTS) is 1. The number of nitrogens with zero attached hydrogens (tertiary/aromatic N) is 6. The lowest BCUT2D eigenvalue weighted by Crippen LogP contribution is -2.21. The van der Waals surface area contributed by atoms with Gasteiger partial charge in [-0.2, -0.15) is 13.2 Å². The van der Waals surface area contributed by atoms with E-state index in [-0.39, 0.29) is 5.56 Å². The van der Waals surface area contributed by atoms with Crippen molar-refractivity contribution < 1.29 is 32.3 Å². The zero-order chi connectivity index (χ0) is 29.5. The molecule has 1 atom stereocenters. The van der Waals surface area contributed by atoms with Gasteiger partial charge in [-0.1, -0.05) is 6.07 Å². The van der Waals surface area contributed by atoms with Gasteiger partial charge in [0.05, 0.1) is 23.3 Å². The number of carbonyl (C=O) groups excluding carboxylic acids is 1. The van der Waals surface area contributed by atoms with Crippen LogP contribution in [0, 0.1) is 12.7 Å². The van der Waals surface area contributed by atoms with Crippen molar-refractivity contribution in [3.63, 3.8) is 0 Å². The molecule has 0 saturated heterocycles. The van der Waals surface area contributed by atoms with E-state index in [4.69, 9.17) is 9.90 Å². The minimum atomic E-state index is -5.08. The highest BCUT2D eigenvalue weighted by atomic mass is 19.4. The summed E-state index contributed by atoms with van der Waals surface area (Å²) in [5.41, 5.74) is 3.04. The van der Waals surface area contributed by atoms with Crippen LogP contribution in [0.1, 0.15) is 65.6 Å². The number of aromatic nitrogens is 6. The Labute approximate surface area is 231 Å². The summed E-state index contributed by atoms with van der Waals surface area (Å²) in [6, 6.07) is 8.54. The van der Waals surface area contributed by atoms with Crippen molar-refractivity contribution in [2.24, 2.45) is 0 Å². The van der Waals surface area contributed by atoms with Crippen LogP contribution in [0.5, 0.6) is 0 Å². The van der Waals surface area contributed by atoms with E-state index < -0.39 is 23.9 Å². The Bertz CT molecular complexity index is 1630. The molecule has 0 radical (unpaired) electrons. The van der Waals surface area contributed by atoms with Crippen molar-refractivity contribution in [2.75, 3.05) is 5.32 Å². The van der Waals surface area contributed by atoms with Crippen molar-refractivity contribution >= 4 is 17.7 Å². The van der Waals surface area contributed by atoms with Crippen LogP contribution in [-0.4, -0.2) is 52.5 Å². The van der Waals surface area contributed by atoms with Crippen LogP contribution in [0.4, 0.5) is 23.4 Å². The smallest absolute Gasteiger partial charge is 0.475 e. The molecule has 0 unspecified atom stereocenters. The van der Waals surface area contributed by atoms with Gasteiger partial charge in [-0.05, 0) is 62.9 Å². The molecule has 214 valence electrons. The number of pyridine rings is 1. The molecule has 1 aromatic carbocycles. The third-order valence-electron chi connectivity index (χ3n) is 6.86. The summed E-state index contributed by atoms with van der Waals surface area (Å²) in [7, 11) is 0. The standard InChI is InChI=1S/C25H24FN7O.C2HF3O2/c1-14-10-18(26)17(11-21(14)32-12-20(27-13-32)16-7-8-16)25(34)29-22-5-3-4-19(28-22)24-31-30-23-9-6-15(2)33(23)24;3-2(4,5)1(6)7/h3-5,10-13,15-16H,6-9H2,1-2H3,(H,28,29,34);(H,6,7)/t15-;/m1./s1. The lowest BCUT2D eigenvalue weighted by atomic mass is 10.1. The Morgan fingerprint density at radius 3 is 2.54 bits per heavy atom. The molecular weight excluding hydrogens is 546 g/mol. The van der Waals surface area contributed by atoms with Crippen molar-refractivity contribution in [3.8, 4) is 17.2 Å². The zero-order valence-corrected chi connectivity index (χ0v) is 22.0. The lowest BCUT2D eigenvalue weighted by molar-refractivity contribution is -0.192. The Morgan fingerprint density at radius 1 is 1.12 bits per heavy atom. The minimum absolute atomic E-state index is 0.0496. The van der Waals surface area contributed by atoms with Crippen LogP contribution in [-0.2, 0) is 11.2 Å². The van der Waals surface area contributed by atoms with Crippen molar-refractivity contribution in [1.29, 1.82) is 0 Å². The number of alkyl halides is 3. The molecule has 2 N–H and O–H groups in total. The topological polar surface area (TPSA) is 128 Å². The van der Waals surface area contributed by atoms with E-state index in [2.05, 4.69) is 37.0 Å². The maximum atomic E-state index is 14.8. The lowest BCUT2D eigenvalue weighted by Gasteiger charge is -2.12. The molecule has 14 heteroatoms. The van der Waals surface area contributed by atoms with Gasteiger partial charge >= 0.3 is 12.1 Å². The average Bonchev–Trinajstić information content (AvgIpc) is 3.31. The number of amides is 1. The van der Waals surface area contributed by atoms with Gasteiger partial charge in [-0.3, -0.25) is 4.79 Å². The molecule has 3 aromatic heterocycles. The van der Waals surface area contributed by atoms with Gasteiger partial charge in [-0.15, -0.1) is 10.2 Å². The average molecular weight is 572 g/mol. The van der Waals surface area contributed by atoms with Crippen molar-refractivity contribution in [3.05, 3.63) is 71.3 Å². The molecule has 1 aliphatic heterocycles. The Morgan fingerprint density at radius 2 is 1.85 bits per heavy atom. The number of carbonyl (C=O) groups is 2. The highest BCUT2D eigenvalue weighted by Gasteiger charge is 2.38. The third kappa shape index (κ3) is 5.95. The third-order valence-corrected chi connectivity index (χ3v) is 6.86. The molecule has 1 aliphatic carbocycles. The number of hydrogen-bond donors (Lipinski definition) is 2. The fourth-order valence-corrected chi connectivity index (χ4v) is 4.58. The highest BCUT2D eigenvalue weighted by Crippen LogP contribution is 2.39. The molecule has 41 heavy (non-hydrogen) atoms. The first kappa shape index (κ1) is 27.9. The Hall–Kier alpha value is -4.62. The number of imidazole rings is 1. The molecular formula is C27H25F4N7O3. The molecule has 6 rings (SSSR count). The fraction of sp³-hybridized carbons (Fsp3) is 0.333. The zero-order valence-electron chi connectivity index (χ0n) is 22.0. The van der Waals surface area contributed by atoms with Gasteiger partial charge in [0.1, 0.15) is 23.2 Å². The van der Waals surface area contributed by atoms with Crippen LogP contribution in [0.15, 0.2) is 42.9 Å². The summed E-state index contributed by atoms with van der Waals surface area (Å²) in [5.74, 6) is -1.45. The first-order valence-electron chi connectivity index (χ1n) is 12.8. The predicted molar refractivity (Wildman–Crippen MR) is 138 cm³/mol. The number of rotatable bonds is 5. The number of nitrogens with one attached hydrogen (secondary N) is 1. The molecule has 4 aromatic rings. The summed E-state index contributed by atoms with van der Waals surface area (Å²) in [6.45, 7) is 3.94. The summed E-state index contributed by atoms with van der Waals surface area (Å²) in [6.07, 6.45) is 2.80. The van der Waals surface area contributed by atoms with E-state index in [0.29, 0.717) is 29.3 Å². The van der Waals surface area contributed by atoms with Gasteiger partial charge in [0.25, 0.3) is 5.91 Å². The van der Waals surface area contributed by atoms with Gasteiger partial charge in [-0.25, -0.2) is 19.2 Å². The van der Waals surface area contributed by atoms with Crippen molar-refractivity contribution in [1.82, 2.24) is 29.3 Å². The maximum absolute atomic E-state index is 14.8. The number of anilines is 1. The van der Waals surface area contributed by atoms with Crippen LogP contribution >= 0.6 is 0 Å². The van der Waals surface area contributed by atoms with Gasteiger partial charge in [0.15, 0.2) is 5.82 Å². The van der Waals surface area contributed by atoms with E-state index in [1.807, 2.05) is 23.8 Å². The van der Waals surface area contributed by atoms with Crippen LogP contribution in [0.2, 0.25) is 0 Å². The fourth-order valence-electron chi connectivity index (χ4n) is 4.58. The number of benzene rings is 1. The minimum Gasteiger partial charge on any atom is -0.475 e. The van der Waals surface area contributed by atoms with Crippen LogP contribution in [0.25, 0.3) is 17.2 Å². The summed E-state index contributed by atoms with van der Waals surface area (Å²) in [4.78, 5) is 31.0. The molecule has 1 fully saturated rings. The largest absolute Gasteiger partial charge is 0.490 e. The summed E-state index contributed by atoms with van der Waals surface area (Å²) < 4.78 is 50.5. The molecule has 2 aliphatic rings. The number of fused-ring (bicyclic) bond motifs is 1. The van der Waals surface area contributed by atoms with Gasteiger partial charge in [0, 0.05) is 24.6 Å². The number of carboxylic acids is 1. The molecule has 10 nitrogen and oxygen atoms in total. The quantitative estimate of drug-likeness (QED) is 0.314. The van der Waals surface area contributed by atoms with E-state index >= 15 is 0 Å². The Kier molecular flexibility index (Phi) is 7.32. The Balaban J connectivity index is 0.000000431. The molecule has 1 amide bonds. The monoisotopic (exact) mass is 571 g/mol. The highest BCUT2D eigenvalue weighted by molar-refractivity contribution is 6.04. The van der Waals surface area contributed by atoms with Crippen molar-refractivity contribution in [2.45, 2.75) is 57.7 Å². The van der Waals surface area contributed by atoms with Crippen LogP contribution in [0.3, 0.4) is 0 Å². The second kappa shape index (κ2) is 10.7. The van der Waals surface area contributed by atoms with Gasteiger partial charge in [0.2, 0.25) is 0 Å². The number of hydrogen-bond acceptors (Lipinski definition) is 6. The van der Waals surface area contributed by atoms with Gasteiger partial charge < -0.3 is 19.6 Å². The van der Waals surface area contributed by atoms with E-state index in [9.17, 15) is 22.4 Å². The number of halogens is 4. The SMILES string of the molecule is Cc1cc(F)c(C(=O)Nc2cccc(-c3nnc4n3[C@H](C)CC4)n2)cc1-n1cnc(C2CC2)c1.O=C(O)C(F)(F)F. The van der Waals surface area contributed by atoms with E-state index in [0.717, 1.165) is 48.5 Å². The normalized spacial score (nSPS) is 16.1. The summed E-state index contributed by atoms with van der Waals surface area (Å²) >= 11 is 0. The number of aryl methyl sites for hydroxylation is 2. The summed E-state index contributed by atoms with van der Waals surface area (Å²) in [5, 5.41) is 18.4. The van der Waals surface area contributed by atoms with Crippen LogP contribution < -0.4 is 5.32 Å². The molecule has 4 heterocycles. The maximum Gasteiger partial charge on any atom is 0.490 e. The second-order valence-corrected chi connectivity index (χ2v) is 9.96. The first-order chi connectivity index (χ1) is 19.4. The van der Waals surface area contributed by atoms with E-state index in [1.54, 1.807) is 24.5 Å². The molecule has 0 spiro atoms.